The highest BCUT2D eigenvalue weighted by molar-refractivity contribution is 5.94. The normalized spacial score (nSPS) is 22.7. The van der Waals surface area contributed by atoms with Gasteiger partial charge < -0.3 is 15.0 Å². The van der Waals surface area contributed by atoms with Gasteiger partial charge in [-0.25, -0.2) is 14.4 Å². The Hall–Kier alpha value is -4.33. The fourth-order valence-corrected chi connectivity index (χ4v) is 4.44. The van der Waals surface area contributed by atoms with Crippen LogP contribution in [0.4, 0.5) is 10.2 Å². The lowest BCUT2D eigenvalue weighted by atomic mass is 10.0. The first-order valence-electron chi connectivity index (χ1n) is 12.1. The smallest absolute Gasteiger partial charge is 0.291 e. The van der Waals surface area contributed by atoms with Crippen LogP contribution in [-0.2, 0) is 4.79 Å². The van der Waals surface area contributed by atoms with Crippen LogP contribution < -0.4 is 10.1 Å². The van der Waals surface area contributed by atoms with Crippen molar-refractivity contribution in [3.05, 3.63) is 53.7 Å². The molecule has 2 N–H and O–H groups in total. The first-order chi connectivity index (χ1) is 17.8. The second-order valence-corrected chi connectivity index (χ2v) is 9.50. The fraction of sp³-hybridized carbons (Fsp3) is 0.385. The molecular formula is C26H26FN7O3. The predicted octanol–water partition coefficient (Wildman–Crippen LogP) is 3.27. The summed E-state index contributed by atoms with van der Waals surface area (Å²) in [6.07, 6.45) is 0.508. The Kier molecular flexibility index (Phi) is 6.56. The number of carbonyl (C=O) groups is 2. The molecule has 5 rings (SSSR count). The van der Waals surface area contributed by atoms with Gasteiger partial charge in [0.05, 0.1) is 12.1 Å². The third-order valence-corrected chi connectivity index (χ3v) is 6.74. The van der Waals surface area contributed by atoms with Crippen LogP contribution in [0.15, 0.2) is 36.5 Å². The molecule has 2 aromatic heterocycles. The van der Waals surface area contributed by atoms with E-state index in [1.54, 1.807) is 43.5 Å². The topological polar surface area (TPSA) is 137 Å². The van der Waals surface area contributed by atoms with E-state index in [4.69, 9.17) is 4.74 Å². The summed E-state index contributed by atoms with van der Waals surface area (Å²) >= 11 is 0. The Morgan fingerprint density at radius 1 is 1.27 bits per heavy atom. The Labute approximate surface area is 212 Å². The molecule has 0 spiro atoms. The highest BCUT2D eigenvalue weighted by atomic mass is 19.1. The number of rotatable bonds is 6. The van der Waals surface area contributed by atoms with Crippen LogP contribution in [0.25, 0.3) is 11.1 Å². The lowest BCUT2D eigenvalue weighted by Crippen LogP contribution is -2.49. The summed E-state index contributed by atoms with van der Waals surface area (Å²) in [4.78, 5) is 34.4. The summed E-state index contributed by atoms with van der Waals surface area (Å²) in [6, 6.07) is 10.7. The average molecular weight is 504 g/mol. The van der Waals surface area contributed by atoms with Crippen LogP contribution in [0.1, 0.15) is 41.8 Å². The minimum absolute atomic E-state index is 0.0303. The summed E-state index contributed by atoms with van der Waals surface area (Å²) in [7, 11) is 0. The minimum Gasteiger partial charge on any atom is -0.486 e. The van der Waals surface area contributed by atoms with E-state index < -0.39 is 18.2 Å². The molecule has 2 unspecified atom stereocenters. The molecule has 1 aliphatic carbocycles. The van der Waals surface area contributed by atoms with Gasteiger partial charge >= 0.3 is 0 Å². The largest absolute Gasteiger partial charge is 0.486 e. The molecule has 3 aromatic rings. The molecule has 11 heteroatoms. The average Bonchev–Trinajstić information content (AvgIpc) is 3.48. The molecule has 1 aliphatic heterocycles. The first kappa shape index (κ1) is 24.4. The summed E-state index contributed by atoms with van der Waals surface area (Å²) in [5, 5.41) is 19.0. The van der Waals surface area contributed by atoms with Crippen molar-refractivity contribution in [2.75, 3.05) is 18.4 Å². The molecule has 2 aliphatic rings. The number of anilines is 1. The van der Waals surface area contributed by atoms with E-state index in [0.29, 0.717) is 17.6 Å². The van der Waals surface area contributed by atoms with Gasteiger partial charge in [0.2, 0.25) is 11.7 Å². The van der Waals surface area contributed by atoms with E-state index in [1.165, 1.54) is 4.90 Å². The van der Waals surface area contributed by atoms with E-state index in [9.17, 15) is 19.2 Å². The van der Waals surface area contributed by atoms with Gasteiger partial charge in [0.25, 0.3) is 5.91 Å². The van der Waals surface area contributed by atoms with Gasteiger partial charge in [0, 0.05) is 25.1 Å². The van der Waals surface area contributed by atoms with Gasteiger partial charge in [0.15, 0.2) is 6.17 Å². The monoisotopic (exact) mass is 503 g/mol. The number of halogens is 1. The number of alkyl halides is 1. The van der Waals surface area contributed by atoms with Crippen LogP contribution in [0.5, 0.6) is 5.75 Å². The van der Waals surface area contributed by atoms with Gasteiger partial charge in [-0.1, -0.05) is 13.0 Å². The molecule has 1 saturated heterocycles. The van der Waals surface area contributed by atoms with Crippen molar-refractivity contribution in [1.29, 1.82) is 5.26 Å². The van der Waals surface area contributed by atoms with E-state index in [0.717, 1.165) is 17.5 Å². The van der Waals surface area contributed by atoms with Crippen LogP contribution in [0, 0.1) is 30.1 Å². The van der Waals surface area contributed by atoms with Gasteiger partial charge in [-0.2, -0.15) is 10.4 Å². The quantitative estimate of drug-likeness (QED) is 0.527. The number of pyridine rings is 1. The number of likely N-dealkylation sites (tertiary alicyclic amines) is 1. The van der Waals surface area contributed by atoms with Crippen molar-refractivity contribution < 1.29 is 18.7 Å². The molecule has 190 valence electrons. The number of H-pyrrole nitrogens is 1. The molecule has 3 heterocycles. The Morgan fingerprint density at radius 3 is 2.73 bits per heavy atom. The Balaban J connectivity index is 1.25. The maximum Gasteiger partial charge on any atom is 0.291 e. The number of hydrogen-bond acceptors (Lipinski definition) is 7. The number of amides is 2. The summed E-state index contributed by atoms with van der Waals surface area (Å²) < 4.78 is 20.9. The number of aromatic nitrogens is 4. The number of carbonyl (C=O) groups excluding carboxylic acids is 2. The third kappa shape index (κ3) is 5.28. The molecule has 1 saturated carbocycles. The second kappa shape index (κ2) is 9.97. The lowest BCUT2D eigenvalue weighted by molar-refractivity contribution is -0.117. The highest BCUT2D eigenvalue weighted by Crippen LogP contribution is 2.38. The van der Waals surface area contributed by atoms with E-state index in [-0.39, 0.29) is 48.5 Å². The highest BCUT2D eigenvalue weighted by Gasteiger charge is 2.39. The summed E-state index contributed by atoms with van der Waals surface area (Å²) in [5.41, 5.74) is 1.77. The maximum absolute atomic E-state index is 15.0. The summed E-state index contributed by atoms with van der Waals surface area (Å²) in [5.74, 6) is 1.20. The van der Waals surface area contributed by atoms with E-state index in [1.807, 2.05) is 6.92 Å². The SMILES string of the molecule is Cc1n[nH]c(C(=O)N2CC[C@H](Oc3ccc(-c4ccnc(NC(=O)C5CC5C)c4)cc3C#N)[C@H](F)C2)n1. The standard InChI is InChI=1S/C26H26FN7O3/c1-14-9-19(14)25(35)31-23-11-17(5-7-29-23)16-3-4-21(18(10-16)12-28)37-22-6-8-34(13-20(22)27)26(36)24-30-15(2)32-33-24/h3-5,7,10-11,14,19-20,22H,6,8-9,13H2,1-2H3,(H,29,31,35)(H,30,32,33)/t14?,19?,20-,22+/m1/s1. The van der Waals surface area contributed by atoms with Crippen molar-refractivity contribution in [3.8, 4) is 22.9 Å². The zero-order valence-electron chi connectivity index (χ0n) is 20.4. The van der Waals surface area contributed by atoms with E-state index in [2.05, 4.69) is 31.6 Å². The Morgan fingerprint density at radius 2 is 2.05 bits per heavy atom. The number of aromatic amines is 1. The Bertz CT molecular complexity index is 1380. The number of benzene rings is 1. The number of nitrogens with one attached hydrogen (secondary N) is 2. The molecule has 37 heavy (non-hydrogen) atoms. The maximum atomic E-state index is 15.0. The number of piperidine rings is 1. The van der Waals surface area contributed by atoms with Gasteiger partial charge in [-0.05, 0) is 54.7 Å². The predicted molar refractivity (Wildman–Crippen MR) is 131 cm³/mol. The molecule has 0 bridgehead atoms. The van der Waals surface area contributed by atoms with Crippen molar-refractivity contribution in [2.45, 2.75) is 39.0 Å². The number of ether oxygens (including phenoxy) is 1. The van der Waals surface area contributed by atoms with Gasteiger partial charge in [0.1, 0.15) is 29.6 Å². The number of nitriles is 1. The van der Waals surface area contributed by atoms with E-state index >= 15 is 0 Å². The molecular weight excluding hydrogens is 477 g/mol. The van der Waals surface area contributed by atoms with Crippen molar-refractivity contribution in [2.24, 2.45) is 11.8 Å². The zero-order valence-corrected chi connectivity index (χ0v) is 20.4. The molecule has 1 aromatic carbocycles. The number of aryl methyl sites for hydroxylation is 1. The molecule has 4 atom stereocenters. The summed E-state index contributed by atoms with van der Waals surface area (Å²) in [6.45, 7) is 3.84. The fourth-order valence-electron chi connectivity index (χ4n) is 4.44. The van der Waals surface area contributed by atoms with Gasteiger partial charge in [-0.15, -0.1) is 0 Å². The first-order valence-corrected chi connectivity index (χ1v) is 12.1. The van der Waals surface area contributed by atoms with Crippen LogP contribution in [-0.4, -0.2) is 62.2 Å². The van der Waals surface area contributed by atoms with Crippen LogP contribution >= 0.6 is 0 Å². The minimum atomic E-state index is -1.44. The van der Waals surface area contributed by atoms with Gasteiger partial charge in [-0.3, -0.25) is 14.7 Å². The third-order valence-electron chi connectivity index (χ3n) is 6.74. The molecule has 10 nitrogen and oxygen atoms in total. The lowest BCUT2D eigenvalue weighted by Gasteiger charge is -2.34. The van der Waals surface area contributed by atoms with Crippen molar-refractivity contribution in [1.82, 2.24) is 25.1 Å². The molecule has 0 radical (unpaired) electrons. The molecule has 2 amide bonds. The zero-order chi connectivity index (χ0) is 26.1. The van der Waals surface area contributed by atoms with Crippen LogP contribution in [0.2, 0.25) is 0 Å². The van der Waals surface area contributed by atoms with Crippen molar-refractivity contribution >= 4 is 17.6 Å². The van der Waals surface area contributed by atoms with Crippen molar-refractivity contribution in [3.63, 3.8) is 0 Å². The number of hydrogen-bond donors (Lipinski definition) is 2. The number of nitrogens with zero attached hydrogens (tertiary/aromatic N) is 5. The second-order valence-electron chi connectivity index (χ2n) is 9.50. The molecule has 2 fully saturated rings. The van der Waals surface area contributed by atoms with Crippen LogP contribution in [0.3, 0.4) is 0 Å².